The minimum Gasteiger partial charge on any atom is -0.489 e. The van der Waals surface area contributed by atoms with Crippen molar-refractivity contribution in [2.75, 3.05) is 6.54 Å². The lowest BCUT2D eigenvalue weighted by Crippen LogP contribution is -2.52. The fourth-order valence-corrected chi connectivity index (χ4v) is 5.74. The fraction of sp³-hybridized carbons (Fsp3) is 0.406. The molecule has 272 valence electrons. The summed E-state index contributed by atoms with van der Waals surface area (Å²) in [5, 5.41) is 24.5. The number of para-hydroxylation sites is 1. The van der Waals surface area contributed by atoms with Crippen LogP contribution in [-0.2, 0) is 31.3 Å². The van der Waals surface area contributed by atoms with Crippen LogP contribution in [0.1, 0.15) is 48.9 Å². The molecule has 1 aliphatic heterocycles. The quantitative estimate of drug-likeness (QED) is 0.134. The number of likely N-dealkylation sites (tertiary alicyclic amines) is 1. The van der Waals surface area contributed by atoms with Gasteiger partial charge in [-0.1, -0.05) is 43.2 Å². The molecule has 1 aromatic heterocycles. The topological polar surface area (TPSA) is 192 Å². The summed E-state index contributed by atoms with van der Waals surface area (Å²) in [6.07, 6.45) is -6.47. The van der Waals surface area contributed by atoms with E-state index in [0.29, 0.717) is 31.7 Å². The van der Waals surface area contributed by atoms with Gasteiger partial charge < -0.3 is 25.6 Å². The predicted molar refractivity (Wildman–Crippen MR) is 163 cm³/mol. The van der Waals surface area contributed by atoms with Crippen LogP contribution in [0.2, 0.25) is 0 Å². The van der Waals surface area contributed by atoms with Gasteiger partial charge in [-0.15, -0.1) is 0 Å². The van der Waals surface area contributed by atoms with Crippen LogP contribution in [0.15, 0.2) is 54.6 Å². The summed E-state index contributed by atoms with van der Waals surface area (Å²) in [7, 11) is 0. The van der Waals surface area contributed by atoms with Gasteiger partial charge in [-0.3, -0.25) is 19.8 Å². The van der Waals surface area contributed by atoms with Crippen molar-refractivity contribution in [3.05, 3.63) is 71.4 Å². The summed E-state index contributed by atoms with van der Waals surface area (Å²) >= 11 is 0. The number of aryl methyl sites for hydroxylation is 1. The number of hydrogen-bond donors (Lipinski definition) is 5. The number of nitrogens with two attached hydrogens (primary N) is 1. The van der Waals surface area contributed by atoms with Crippen molar-refractivity contribution in [3.8, 4) is 5.75 Å². The van der Waals surface area contributed by atoms with Crippen molar-refractivity contribution < 1.29 is 65.7 Å². The Balaban J connectivity index is 0.000000408. The number of carbonyl (C=O) groups is 4. The summed E-state index contributed by atoms with van der Waals surface area (Å²) in [6.45, 7) is 2.86. The average Bonchev–Trinajstić information content (AvgIpc) is 3.37. The first-order chi connectivity index (χ1) is 23.3. The van der Waals surface area contributed by atoms with Crippen LogP contribution in [-0.4, -0.2) is 74.0 Å². The lowest BCUT2D eigenvalue weighted by atomic mass is 9.82. The summed E-state index contributed by atoms with van der Waals surface area (Å²) in [4.78, 5) is 49.8. The molecule has 1 saturated heterocycles. The number of hydrogen-bond acceptors (Lipinski definition) is 8. The molecule has 2 aromatic carbocycles. The molecule has 12 nitrogen and oxygen atoms in total. The molecule has 2 heterocycles. The number of aliphatic carboxylic acids is 2. The number of carboxylic acids is 2. The number of benzene rings is 2. The van der Waals surface area contributed by atoms with Gasteiger partial charge in [0.2, 0.25) is 11.8 Å². The van der Waals surface area contributed by atoms with E-state index in [1.807, 2.05) is 61.5 Å². The van der Waals surface area contributed by atoms with Crippen molar-refractivity contribution in [2.45, 2.75) is 69.6 Å². The molecule has 1 aliphatic carbocycles. The Morgan fingerprint density at radius 2 is 1.54 bits per heavy atom. The third-order valence-electron chi connectivity index (χ3n) is 8.15. The summed E-state index contributed by atoms with van der Waals surface area (Å²) in [6, 6.07) is 17.2. The van der Waals surface area contributed by atoms with Crippen molar-refractivity contribution in [2.24, 2.45) is 11.7 Å². The van der Waals surface area contributed by atoms with Crippen molar-refractivity contribution in [1.82, 2.24) is 15.4 Å². The Kier molecular flexibility index (Phi) is 12.8. The zero-order chi connectivity index (χ0) is 37.4. The average molecular weight is 717 g/mol. The Morgan fingerprint density at radius 3 is 2.10 bits per heavy atom. The van der Waals surface area contributed by atoms with E-state index in [4.69, 9.17) is 35.5 Å². The van der Waals surface area contributed by atoms with Gasteiger partial charge in [0.15, 0.2) is 0 Å². The number of pyridine rings is 1. The van der Waals surface area contributed by atoms with E-state index in [9.17, 15) is 35.9 Å². The van der Waals surface area contributed by atoms with Gasteiger partial charge >= 0.3 is 24.3 Å². The van der Waals surface area contributed by atoms with E-state index in [1.165, 1.54) is 0 Å². The van der Waals surface area contributed by atoms with Crippen LogP contribution >= 0.6 is 0 Å². The normalized spacial score (nSPS) is 20.6. The number of aromatic nitrogens is 1. The zero-order valence-electron chi connectivity index (χ0n) is 26.4. The number of hydroxylamine groups is 1. The molecule has 2 fully saturated rings. The van der Waals surface area contributed by atoms with E-state index >= 15 is 0 Å². The second-order valence-corrected chi connectivity index (χ2v) is 11.5. The number of rotatable bonds is 6. The van der Waals surface area contributed by atoms with Crippen LogP contribution in [0, 0.1) is 12.8 Å². The lowest BCUT2D eigenvalue weighted by molar-refractivity contribution is -0.193. The largest absolute Gasteiger partial charge is 0.490 e. The Morgan fingerprint density at radius 1 is 0.980 bits per heavy atom. The molecule has 6 N–H and O–H groups in total. The highest BCUT2D eigenvalue weighted by Crippen LogP contribution is 2.38. The first kappa shape index (κ1) is 39.5. The third-order valence-corrected chi connectivity index (χ3v) is 8.15. The second kappa shape index (κ2) is 16.2. The molecule has 3 atom stereocenters. The van der Waals surface area contributed by atoms with Crippen LogP contribution in [0.3, 0.4) is 0 Å². The molecule has 0 radical (unpaired) electrons. The van der Waals surface area contributed by atoms with Crippen LogP contribution in [0.5, 0.6) is 5.75 Å². The molecular formula is C32H34F6N4O8. The van der Waals surface area contributed by atoms with E-state index in [1.54, 1.807) is 10.4 Å². The second-order valence-electron chi connectivity index (χ2n) is 11.5. The highest BCUT2D eigenvalue weighted by Gasteiger charge is 2.49. The molecule has 1 saturated carbocycles. The summed E-state index contributed by atoms with van der Waals surface area (Å²) in [5.41, 5.74) is 11.0. The van der Waals surface area contributed by atoms with E-state index < -0.39 is 41.7 Å². The van der Waals surface area contributed by atoms with Crippen LogP contribution in [0.25, 0.3) is 10.9 Å². The van der Waals surface area contributed by atoms with E-state index in [-0.39, 0.29) is 11.9 Å². The maximum absolute atomic E-state index is 13.5. The van der Waals surface area contributed by atoms with Gasteiger partial charge in [0.05, 0.1) is 11.4 Å². The maximum atomic E-state index is 13.5. The number of nitrogens with zero attached hydrogens (tertiary/aromatic N) is 2. The SMILES string of the molecule is Cc1cc(COc2ccc(C3(N)CCN([C@@H]4CCCC[C@@H]4C(=O)NO)C3=O)cc2)c2ccccc2n1.O=C(O)C(F)(F)F.O=C(O)C(F)(F)F. The van der Waals surface area contributed by atoms with Crippen LogP contribution in [0.4, 0.5) is 26.3 Å². The molecule has 1 unspecified atom stereocenters. The smallest absolute Gasteiger partial charge is 0.489 e. The first-order valence-electron chi connectivity index (χ1n) is 15.0. The molecule has 2 amide bonds. The third kappa shape index (κ3) is 9.81. The predicted octanol–water partition coefficient (Wildman–Crippen LogP) is 4.84. The number of carboxylic acid groups (broad SMARTS) is 2. The highest BCUT2D eigenvalue weighted by atomic mass is 19.4. The van der Waals surface area contributed by atoms with Crippen molar-refractivity contribution in [1.29, 1.82) is 0 Å². The summed E-state index contributed by atoms with van der Waals surface area (Å²) < 4.78 is 69.5. The van der Waals surface area contributed by atoms with Gasteiger partial charge in [-0.05, 0) is 56.0 Å². The number of amides is 2. The van der Waals surface area contributed by atoms with Gasteiger partial charge in [0.1, 0.15) is 17.9 Å². The lowest BCUT2D eigenvalue weighted by Gasteiger charge is -2.37. The van der Waals surface area contributed by atoms with Crippen molar-refractivity contribution >= 4 is 34.7 Å². The molecule has 0 bridgehead atoms. The van der Waals surface area contributed by atoms with Crippen LogP contribution < -0.4 is 16.0 Å². The molecule has 5 rings (SSSR count). The van der Waals surface area contributed by atoms with Gasteiger partial charge in [0.25, 0.3) is 0 Å². The van der Waals surface area contributed by atoms with Crippen molar-refractivity contribution in [3.63, 3.8) is 0 Å². The highest BCUT2D eigenvalue weighted by molar-refractivity contribution is 5.91. The standard InChI is InChI=1S/C28H32N4O4.2C2HF3O2/c1-18-16-19(22-6-2-4-8-24(22)30-18)17-36-21-12-10-20(11-13-21)28(29)14-15-32(27(28)34)25-9-5-3-7-23(25)26(33)31-35;2*3-2(4,5)1(6)7/h2,4,6,8,10-13,16,23,25,35H,3,5,7,9,14-15,17,29H2,1H3,(H,31,33);2*(H,6,7)/t23-,25+,28?;;/m0../s1. The number of carbonyl (C=O) groups excluding carboxylic acids is 2. The Hall–Kier alpha value is -4.97. The number of fused-ring (bicyclic) bond motifs is 1. The fourth-order valence-electron chi connectivity index (χ4n) is 5.74. The zero-order valence-corrected chi connectivity index (χ0v) is 26.4. The van der Waals surface area contributed by atoms with Gasteiger partial charge in [-0.2, -0.15) is 26.3 Å². The molecule has 3 aromatic rings. The first-order valence-corrected chi connectivity index (χ1v) is 15.0. The molecule has 18 heteroatoms. The molecule has 0 spiro atoms. The maximum Gasteiger partial charge on any atom is 0.490 e. The number of ether oxygens (including phenoxy) is 1. The Labute approximate surface area is 280 Å². The molecule has 50 heavy (non-hydrogen) atoms. The van der Waals surface area contributed by atoms with Gasteiger partial charge in [-0.25, -0.2) is 15.1 Å². The van der Waals surface area contributed by atoms with E-state index in [0.717, 1.165) is 47.0 Å². The monoisotopic (exact) mass is 716 g/mol. The molecular weight excluding hydrogens is 682 g/mol. The van der Waals surface area contributed by atoms with Gasteiger partial charge in [0, 0.05) is 29.2 Å². The molecule has 2 aliphatic rings. The number of alkyl halides is 6. The Bertz CT molecular complexity index is 1660. The minimum absolute atomic E-state index is 0.169. The number of nitrogens with one attached hydrogen (secondary N) is 1. The van der Waals surface area contributed by atoms with E-state index in [2.05, 4.69) is 4.98 Å². The number of halogens is 6. The summed E-state index contributed by atoms with van der Waals surface area (Å²) in [5.74, 6) is -5.84. The minimum atomic E-state index is -5.08.